The summed E-state index contributed by atoms with van der Waals surface area (Å²) in [7, 11) is 0. The Morgan fingerprint density at radius 2 is 1.62 bits per heavy atom. The van der Waals surface area contributed by atoms with E-state index in [2.05, 4.69) is 0 Å². The van der Waals surface area contributed by atoms with Crippen molar-refractivity contribution in [2.75, 3.05) is 6.54 Å². The number of likely N-dealkylation sites (tertiary alicyclic amines) is 1. The van der Waals surface area contributed by atoms with Crippen molar-refractivity contribution in [3.05, 3.63) is 0 Å². The normalized spacial score (nSPS) is 25.9. The van der Waals surface area contributed by atoms with Crippen LogP contribution in [0.1, 0.15) is 50.7 Å². The summed E-state index contributed by atoms with van der Waals surface area (Å²) in [6, 6.07) is -2.08. The molecule has 1 rings (SSSR count). The van der Waals surface area contributed by atoms with Gasteiger partial charge in [-0.1, -0.05) is 0 Å². The Morgan fingerprint density at radius 3 is 2.05 bits per heavy atom. The molecule has 0 aromatic rings. The van der Waals surface area contributed by atoms with Gasteiger partial charge in [-0.2, -0.15) is 0 Å². The van der Waals surface area contributed by atoms with Gasteiger partial charge in [0, 0.05) is 9.11 Å². The molecule has 7 heteroatoms. The fraction of sp³-hybridized carbons (Fsp3) is 0.857. The van der Waals surface area contributed by atoms with Crippen LogP contribution in [-0.2, 0) is 14.3 Å². The SMILES string of the molecule is [2H]C1([2H])[C@@H](C(=O)OC(C)(C)C)N(C(=O)OC(C)(C)C)CC1(F)F. The van der Waals surface area contributed by atoms with E-state index in [1.165, 1.54) is 41.5 Å². The second-order valence-electron chi connectivity index (χ2n) is 6.89. The lowest BCUT2D eigenvalue weighted by atomic mass is 10.1. The minimum atomic E-state index is -3.90. The maximum Gasteiger partial charge on any atom is 0.411 e. The summed E-state index contributed by atoms with van der Waals surface area (Å²) in [6.45, 7) is 7.92. The molecule has 122 valence electrons. The summed E-state index contributed by atoms with van der Waals surface area (Å²) in [5.74, 6) is -5.13. The zero-order valence-corrected chi connectivity index (χ0v) is 13.1. The third-order valence-electron chi connectivity index (χ3n) is 2.29. The first-order chi connectivity index (χ1) is 9.98. The molecule has 1 saturated heterocycles. The van der Waals surface area contributed by atoms with E-state index >= 15 is 0 Å². The lowest BCUT2D eigenvalue weighted by molar-refractivity contribution is -0.160. The van der Waals surface area contributed by atoms with E-state index in [1.54, 1.807) is 0 Å². The summed E-state index contributed by atoms with van der Waals surface area (Å²) in [6.07, 6.45) is -4.44. The molecule has 1 aliphatic rings. The summed E-state index contributed by atoms with van der Waals surface area (Å²) >= 11 is 0. The Kier molecular flexibility index (Phi) is 3.75. The zero-order valence-electron chi connectivity index (χ0n) is 15.1. The summed E-state index contributed by atoms with van der Waals surface area (Å²) in [4.78, 5) is 24.7. The highest BCUT2D eigenvalue weighted by molar-refractivity contribution is 5.82. The molecule has 0 N–H and O–H groups in total. The van der Waals surface area contributed by atoms with Crippen molar-refractivity contribution in [1.82, 2.24) is 4.90 Å². The number of carbonyl (C=O) groups is 2. The Hall–Kier alpha value is -1.40. The molecule has 0 bridgehead atoms. The predicted octanol–water partition coefficient (Wildman–Crippen LogP) is 2.97. The number of carbonyl (C=O) groups excluding carboxylic acids is 2. The average Bonchev–Trinajstić information content (AvgIpc) is 2.40. The molecule has 1 fully saturated rings. The van der Waals surface area contributed by atoms with Crippen LogP contribution in [-0.4, -0.2) is 46.7 Å². The van der Waals surface area contributed by atoms with Crippen LogP contribution in [0.25, 0.3) is 0 Å². The van der Waals surface area contributed by atoms with Gasteiger partial charge in [0.25, 0.3) is 5.92 Å². The van der Waals surface area contributed by atoms with Crippen molar-refractivity contribution in [3.8, 4) is 0 Å². The van der Waals surface area contributed by atoms with Crippen molar-refractivity contribution in [3.63, 3.8) is 0 Å². The van der Waals surface area contributed by atoms with Crippen molar-refractivity contribution < 1.29 is 30.6 Å². The largest absolute Gasteiger partial charge is 0.458 e. The van der Waals surface area contributed by atoms with Crippen LogP contribution in [0.4, 0.5) is 13.6 Å². The van der Waals surface area contributed by atoms with Crippen molar-refractivity contribution in [2.24, 2.45) is 0 Å². The molecule has 0 aromatic heterocycles. The molecule has 1 amide bonds. The molecule has 0 spiro atoms. The van der Waals surface area contributed by atoms with E-state index in [-0.39, 0.29) is 0 Å². The zero-order chi connectivity index (χ0) is 18.4. The molecule has 0 saturated carbocycles. The predicted molar refractivity (Wildman–Crippen MR) is 72.1 cm³/mol. The van der Waals surface area contributed by atoms with Gasteiger partial charge < -0.3 is 9.47 Å². The molecule has 0 radical (unpaired) electrons. The van der Waals surface area contributed by atoms with Crippen LogP contribution in [0.3, 0.4) is 0 Å². The first-order valence-electron chi connectivity index (χ1n) is 7.58. The molecule has 0 unspecified atom stereocenters. The highest BCUT2D eigenvalue weighted by Gasteiger charge is 2.52. The minimum absolute atomic E-state index is 0.402. The van der Waals surface area contributed by atoms with Crippen LogP contribution in [0, 0.1) is 0 Å². The lowest BCUT2D eigenvalue weighted by Crippen LogP contribution is -2.45. The van der Waals surface area contributed by atoms with E-state index in [4.69, 9.17) is 12.2 Å². The number of amides is 1. The van der Waals surface area contributed by atoms with Gasteiger partial charge in [-0.15, -0.1) is 0 Å². The fourth-order valence-corrected chi connectivity index (χ4v) is 1.66. The highest BCUT2D eigenvalue weighted by atomic mass is 19.3. The molecule has 1 atom stereocenters. The number of esters is 1. The van der Waals surface area contributed by atoms with Gasteiger partial charge in [-0.05, 0) is 41.5 Å². The van der Waals surface area contributed by atoms with Gasteiger partial charge >= 0.3 is 12.1 Å². The van der Waals surface area contributed by atoms with Gasteiger partial charge in [0.2, 0.25) is 0 Å². The molecule has 1 heterocycles. The van der Waals surface area contributed by atoms with Gasteiger partial charge in [0.15, 0.2) is 0 Å². The summed E-state index contributed by atoms with van der Waals surface area (Å²) < 4.78 is 53.2. The first kappa shape index (κ1) is 14.5. The first-order valence-corrected chi connectivity index (χ1v) is 6.58. The van der Waals surface area contributed by atoms with Crippen molar-refractivity contribution in [1.29, 1.82) is 0 Å². The topological polar surface area (TPSA) is 55.8 Å². The van der Waals surface area contributed by atoms with Crippen LogP contribution in [0.2, 0.25) is 0 Å². The summed E-state index contributed by atoms with van der Waals surface area (Å²) in [5, 5.41) is 0. The molecule has 5 nitrogen and oxygen atoms in total. The van der Waals surface area contributed by atoms with Crippen molar-refractivity contribution >= 4 is 12.1 Å². The standard InChI is InChI=1S/C14H23F2NO4/c1-12(2,3)20-10(18)9-7-14(15,16)8-17(9)11(19)21-13(4,5)6/h9H,7-8H2,1-6H3/t9-/m0/s1/i7D2. The number of rotatable bonds is 1. The monoisotopic (exact) mass is 309 g/mol. The van der Waals surface area contributed by atoms with Crippen LogP contribution in [0.5, 0.6) is 0 Å². The second-order valence-corrected chi connectivity index (χ2v) is 6.89. The van der Waals surface area contributed by atoms with E-state index in [0.717, 1.165) is 0 Å². The Morgan fingerprint density at radius 1 is 1.14 bits per heavy atom. The number of halogens is 2. The minimum Gasteiger partial charge on any atom is -0.458 e. The maximum atomic E-state index is 14.0. The van der Waals surface area contributed by atoms with Crippen molar-refractivity contribution in [2.45, 2.75) is 71.1 Å². The van der Waals surface area contributed by atoms with Crippen LogP contribution in [0.15, 0.2) is 0 Å². The van der Waals surface area contributed by atoms with E-state index in [0.29, 0.717) is 4.90 Å². The van der Waals surface area contributed by atoms with E-state index in [1.807, 2.05) is 0 Å². The number of nitrogens with zero attached hydrogens (tertiary/aromatic N) is 1. The Labute approximate surface area is 126 Å². The number of hydrogen-bond acceptors (Lipinski definition) is 4. The molecular weight excluding hydrogens is 284 g/mol. The lowest BCUT2D eigenvalue weighted by Gasteiger charge is -2.29. The average molecular weight is 309 g/mol. The van der Waals surface area contributed by atoms with E-state index in [9.17, 15) is 18.4 Å². The molecule has 0 aromatic carbocycles. The third-order valence-corrected chi connectivity index (χ3v) is 2.29. The number of hydrogen-bond donors (Lipinski definition) is 0. The van der Waals surface area contributed by atoms with Gasteiger partial charge in [-0.3, -0.25) is 4.90 Å². The Balaban J connectivity index is 3.17. The molecule has 1 aliphatic heterocycles. The molecule has 0 aliphatic carbocycles. The smallest absolute Gasteiger partial charge is 0.411 e. The highest BCUT2D eigenvalue weighted by Crippen LogP contribution is 2.34. The quantitative estimate of drug-likeness (QED) is 0.699. The third kappa shape index (κ3) is 5.47. The molecular formula is C14H23F2NO4. The Bertz CT molecular complexity index is 498. The molecule has 21 heavy (non-hydrogen) atoms. The van der Waals surface area contributed by atoms with Gasteiger partial charge in [0.1, 0.15) is 17.2 Å². The number of alkyl halides is 2. The number of ether oxygens (including phenoxy) is 2. The van der Waals surface area contributed by atoms with Gasteiger partial charge in [-0.25, -0.2) is 18.4 Å². The fourth-order valence-electron chi connectivity index (χ4n) is 1.66. The van der Waals surface area contributed by atoms with Gasteiger partial charge in [0.05, 0.1) is 6.54 Å². The summed E-state index contributed by atoms with van der Waals surface area (Å²) in [5.41, 5.74) is -1.98. The maximum absolute atomic E-state index is 14.0. The van der Waals surface area contributed by atoms with Crippen LogP contribution >= 0.6 is 0 Å². The van der Waals surface area contributed by atoms with Crippen LogP contribution < -0.4 is 0 Å². The van der Waals surface area contributed by atoms with E-state index < -0.39 is 48.1 Å². The second kappa shape index (κ2) is 5.42.